The lowest BCUT2D eigenvalue weighted by molar-refractivity contribution is -0.161. The Kier molecular flexibility index (Phi) is 46.9. The van der Waals surface area contributed by atoms with Crippen LogP contribution in [0, 0.1) is 0 Å². The summed E-state index contributed by atoms with van der Waals surface area (Å²) in [5.74, 6) is -0.586. The number of unbranched alkanes of at least 4 members (excludes halogenated alkanes) is 32. The first-order valence-corrected chi connectivity index (χ1v) is 25.0. The van der Waals surface area contributed by atoms with Gasteiger partial charge in [0, 0.05) is 12.8 Å². The number of ether oxygens (including phenoxy) is 2. The Hall–Kier alpha value is -1.88. The van der Waals surface area contributed by atoms with Gasteiger partial charge in [-0.2, -0.15) is 0 Å². The van der Waals surface area contributed by atoms with Gasteiger partial charge in [-0.25, -0.2) is 0 Å². The predicted molar refractivity (Wildman–Crippen MR) is 247 cm³/mol. The lowest BCUT2D eigenvalue weighted by atomic mass is 10.0. The van der Waals surface area contributed by atoms with Crippen molar-refractivity contribution >= 4 is 11.9 Å². The molecule has 0 saturated carbocycles. The number of allylic oxidation sites excluding steroid dienone is 6. The van der Waals surface area contributed by atoms with E-state index in [4.69, 9.17) is 9.47 Å². The molecule has 1 atom stereocenters. The molecule has 0 aromatic carbocycles. The fraction of sp³-hybridized carbons (Fsp3) is 0.846. The van der Waals surface area contributed by atoms with Gasteiger partial charge in [-0.15, -0.1) is 0 Å². The number of carbonyl (C=O) groups is 2. The summed E-state index contributed by atoms with van der Waals surface area (Å²) in [5.41, 5.74) is 0. The van der Waals surface area contributed by atoms with Gasteiger partial charge in [0.2, 0.25) is 0 Å². The molecule has 0 radical (unpaired) electrons. The van der Waals surface area contributed by atoms with Gasteiger partial charge in [-0.1, -0.05) is 237 Å². The molecule has 5 nitrogen and oxygen atoms in total. The first-order valence-electron chi connectivity index (χ1n) is 25.0. The number of aliphatic hydroxyl groups excluding tert-OH is 1. The van der Waals surface area contributed by atoms with E-state index in [2.05, 4.69) is 50.3 Å². The number of esters is 2. The number of rotatable bonds is 46. The summed E-state index contributed by atoms with van der Waals surface area (Å²) in [4.78, 5) is 24.4. The molecule has 0 bridgehead atoms. The molecule has 0 aliphatic heterocycles. The van der Waals surface area contributed by atoms with Crippen LogP contribution in [0.4, 0.5) is 0 Å². The van der Waals surface area contributed by atoms with Crippen LogP contribution in [-0.4, -0.2) is 36.4 Å². The fourth-order valence-electron chi connectivity index (χ4n) is 7.39. The van der Waals surface area contributed by atoms with Crippen LogP contribution >= 0.6 is 0 Å². The van der Waals surface area contributed by atoms with E-state index in [9.17, 15) is 14.7 Å². The zero-order valence-corrected chi connectivity index (χ0v) is 38.1. The summed E-state index contributed by atoms with van der Waals surface area (Å²) >= 11 is 0. The van der Waals surface area contributed by atoms with Gasteiger partial charge in [0.15, 0.2) is 6.10 Å². The van der Waals surface area contributed by atoms with Crippen LogP contribution in [0.25, 0.3) is 0 Å². The first-order chi connectivity index (χ1) is 28.1. The van der Waals surface area contributed by atoms with Crippen molar-refractivity contribution in [3.8, 4) is 0 Å². The van der Waals surface area contributed by atoms with Gasteiger partial charge < -0.3 is 14.6 Å². The van der Waals surface area contributed by atoms with E-state index < -0.39 is 6.10 Å². The number of aliphatic hydroxyl groups is 1. The molecule has 0 fully saturated rings. The summed E-state index contributed by atoms with van der Waals surface area (Å²) in [7, 11) is 0. The third kappa shape index (κ3) is 46.7. The summed E-state index contributed by atoms with van der Waals surface area (Å²) in [5, 5.41) is 9.62. The second-order valence-electron chi connectivity index (χ2n) is 16.9. The minimum atomic E-state index is -0.773. The Bertz CT molecular complexity index is 908. The Labute approximate surface area is 355 Å². The van der Waals surface area contributed by atoms with Gasteiger partial charge in [0.1, 0.15) is 6.61 Å². The Morgan fingerprint density at radius 1 is 0.404 bits per heavy atom. The van der Waals surface area contributed by atoms with Crippen LogP contribution in [-0.2, 0) is 19.1 Å². The van der Waals surface area contributed by atoms with E-state index in [0.717, 1.165) is 51.4 Å². The third-order valence-corrected chi connectivity index (χ3v) is 11.2. The Balaban J connectivity index is 3.50. The summed E-state index contributed by atoms with van der Waals surface area (Å²) in [6, 6.07) is 0. The molecule has 334 valence electrons. The minimum absolute atomic E-state index is 0.0652. The van der Waals surface area contributed by atoms with Crippen molar-refractivity contribution in [3.63, 3.8) is 0 Å². The number of carbonyl (C=O) groups excluding carboxylic acids is 2. The average Bonchev–Trinajstić information content (AvgIpc) is 3.21. The smallest absolute Gasteiger partial charge is 0.306 e. The maximum atomic E-state index is 12.3. The van der Waals surface area contributed by atoms with E-state index in [1.807, 2.05) is 0 Å². The van der Waals surface area contributed by atoms with Gasteiger partial charge in [0.05, 0.1) is 6.61 Å². The lowest BCUT2D eigenvalue weighted by Crippen LogP contribution is -2.28. The predicted octanol–water partition coefficient (Wildman–Crippen LogP) is 16.4. The van der Waals surface area contributed by atoms with Gasteiger partial charge in [0.25, 0.3) is 0 Å². The van der Waals surface area contributed by atoms with Crippen molar-refractivity contribution in [2.75, 3.05) is 13.2 Å². The molecular formula is C52H96O5. The highest BCUT2D eigenvalue weighted by atomic mass is 16.6. The van der Waals surface area contributed by atoms with Crippen molar-refractivity contribution in [3.05, 3.63) is 36.5 Å². The average molecular weight is 801 g/mol. The minimum Gasteiger partial charge on any atom is -0.462 e. The molecule has 0 aromatic rings. The van der Waals surface area contributed by atoms with Crippen LogP contribution in [0.1, 0.15) is 264 Å². The van der Waals surface area contributed by atoms with E-state index in [-0.39, 0.29) is 25.2 Å². The van der Waals surface area contributed by atoms with Crippen molar-refractivity contribution < 1.29 is 24.2 Å². The van der Waals surface area contributed by atoms with Crippen molar-refractivity contribution in [2.24, 2.45) is 0 Å². The number of hydrogen-bond acceptors (Lipinski definition) is 5. The van der Waals surface area contributed by atoms with Gasteiger partial charge in [-0.05, 0) is 51.4 Å². The molecule has 1 unspecified atom stereocenters. The Morgan fingerprint density at radius 2 is 0.702 bits per heavy atom. The van der Waals surface area contributed by atoms with E-state index in [1.165, 1.54) is 186 Å². The summed E-state index contributed by atoms with van der Waals surface area (Å²) in [6.07, 6.45) is 60.9. The van der Waals surface area contributed by atoms with E-state index in [0.29, 0.717) is 12.8 Å². The van der Waals surface area contributed by atoms with Crippen LogP contribution in [0.2, 0.25) is 0 Å². The third-order valence-electron chi connectivity index (χ3n) is 11.2. The van der Waals surface area contributed by atoms with Crippen molar-refractivity contribution in [1.82, 2.24) is 0 Å². The fourth-order valence-corrected chi connectivity index (χ4v) is 7.39. The molecule has 0 saturated heterocycles. The monoisotopic (exact) mass is 801 g/mol. The maximum Gasteiger partial charge on any atom is 0.306 e. The van der Waals surface area contributed by atoms with Gasteiger partial charge >= 0.3 is 11.9 Å². The zero-order valence-electron chi connectivity index (χ0n) is 38.1. The quantitative estimate of drug-likeness (QED) is 0.0377. The molecule has 1 N–H and O–H groups in total. The molecule has 5 heteroatoms. The maximum absolute atomic E-state index is 12.3. The molecule has 0 aromatic heterocycles. The standard InChI is InChI=1S/C52H96O5/c1-3-5-7-9-11-13-15-17-19-21-23-25-26-27-29-31-33-35-37-39-41-43-45-47-52(55)57-50(48-53)49-56-51(54)46-44-42-40-38-36-34-32-30-28-24-22-20-18-16-14-12-10-8-6-4-2/h15,17,21,23,26-27,50,53H,3-14,16,18-20,22,24-25,28-49H2,1-2H3/b17-15-,23-21-,27-26-. The topological polar surface area (TPSA) is 72.8 Å². The number of hydrogen-bond donors (Lipinski definition) is 1. The molecule has 0 aliphatic carbocycles. The lowest BCUT2D eigenvalue weighted by Gasteiger charge is -2.15. The molecule has 57 heavy (non-hydrogen) atoms. The van der Waals surface area contributed by atoms with Crippen molar-refractivity contribution in [1.29, 1.82) is 0 Å². The summed E-state index contributed by atoms with van der Waals surface area (Å²) in [6.45, 7) is 4.16. The molecule has 0 heterocycles. The highest BCUT2D eigenvalue weighted by Crippen LogP contribution is 2.16. The van der Waals surface area contributed by atoms with E-state index in [1.54, 1.807) is 0 Å². The largest absolute Gasteiger partial charge is 0.462 e. The van der Waals surface area contributed by atoms with Crippen LogP contribution in [0.3, 0.4) is 0 Å². The zero-order chi connectivity index (χ0) is 41.4. The molecule has 0 rings (SSSR count). The molecular weight excluding hydrogens is 705 g/mol. The van der Waals surface area contributed by atoms with Crippen LogP contribution in [0.15, 0.2) is 36.5 Å². The van der Waals surface area contributed by atoms with Crippen LogP contribution in [0.5, 0.6) is 0 Å². The van der Waals surface area contributed by atoms with Gasteiger partial charge in [-0.3, -0.25) is 9.59 Å². The SMILES string of the molecule is CCCCCCC/C=C\C/C=C\C/C=C\CCCCCCCCCCC(=O)OC(CO)COC(=O)CCCCCCCCCCCCCCCCCCCCCC. The normalized spacial score (nSPS) is 12.4. The Morgan fingerprint density at radius 3 is 1.05 bits per heavy atom. The second kappa shape index (κ2) is 48.5. The van der Waals surface area contributed by atoms with Crippen molar-refractivity contribution in [2.45, 2.75) is 270 Å². The molecule has 0 aliphatic rings. The van der Waals surface area contributed by atoms with Crippen LogP contribution < -0.4 is 0 Å². The van der Waals surface area contributed by atoms with E-state index >= 15 is 0 Å². The summed E-state index contributed by atoms with van der Waals surface area (Å²) < 4.78 is 10.7. The first kappa shape index (κ1) is 55.1. The molecule has 0 spiro atoms. The second-order valence-corrected chi connectivity index (χ2v) is 16.9. The molecule has 0 amide bonds. The highest BCUT2D eigenvalue weighted by molar-refractivity contribution is 5.70. The highest BCUT2D eigenvalue weighted by Gasteiger charge is 2.16.